The van der Waals surface area contributed by atoms with Gasteiger partial charge in [0.1, 0.15) is 0 Å². The molecule has 0 unspecified atom stereocenters. The Labute approximate surface area is 102 Å². The SMILES string of the molecule is CC[C@H](C)[C@H](N)C(=O)NCCCn1cccn1. The number of nitrogens with two attached hydrogens (primary N) is 1. The zero-order valence-corrected chi connectivity index (χ0v) is 10.6. The van der Waals surface area contributed by atoms with E-state index in [1.54, 1.807) is 6.20 Å². The number of nitrogens with one attached hydrogen (secondary N) is 1. The van der Waals surface area contributed by atoms with Gasteiger partial charge in [0.05, 0.1) is 6.04 Å². The van der Waals surface area contributed by atoms with Crippen LogP contribution < -0.4 is 11.1 Å². The maximum absolute atomic E-state index is 11.6. The first-order valence-electron chi connectivity index (χ1n) is 6.16. The van der Waals surface area contributed by atoms with E-state index in [1.165, 1.54) is 0 Å². The summed E-state index contributed by atoms with van der Waals surface area (Å²) in [5.74, 6) is 0.168. The highest BCUT2D eigenvalue weighted by molar-refractivity contribution is 5.81. The van der Waals surface area contributed by atoms with Crippen LogP contribution in [0.2, 0.25) is 0 Å². The van der Waals surface area contributed by atoms with E-state index in [0.717, 1.165) is 19.4 Å². The zero-order valence-electron chi connectivity index (χ0n) is 10.6. The second kappa shape index (κ2) is 7.06. The molecule has 2 atom stereocenters. The Morgan fingerprint density at radius 3 is 2.94 bits per heavy atom. The van der Waals surface area contributed by atoms with Crippen LogP contribution in [0.5, 0.6) is 0 Å². The summed E-state index contributed by atoms with van der Waals surface area (Å²) in [6.07, 6.45) is 5.44. The molecule has 1 aromatic heterocycles. The van der Waals surface area contributed by atoms with E-state index in [-0.39, 0.29) is 11.8 Å². The van der Waals surface area contributed by atoms with Crippen molar-refractivity contribution in [3.63, 3.8) is 0 Å². The van der Waals surface area contributed by atoms with Crippen molar-refractivity contribution in [3.05, 3.63) is 18.5 Å². The fourth-order valence-electron chi connectivity index (χ4n) is 1.52. The molecule has 1 amide bonds. The number of aromatic nitrogens is 2. The van der Waals surface area contributed by atoms with Crippen LogP contribution in [0.1, 0.15) is 26.7 Å². The summed E-state index contributed by atoms with van der Waals surface area (Å²) in [5, 5.41) is 6.94. The molecule has 0 spiro atoms. The Morgan fingerprint density at radius 2 is 2.35 bits per heavy atom. The summed E-state index contributed by atoms with van der Waals surface area (Å²) >= 11 is 0. The Morgan fingerprint density at radius 1 is 1.59 bits per heavy atom. The molecule has 0 bridgehead atoms. The number of aryl methyl sites for hydroxylation is 1. The van der Waals surface area contributed by atoms with Crippen LogP contribution in [-0.2, 0) is 11.3 Å². The molecule has 0 aromatic carbocycles. The number of rotatable bonds is 7. The highest BCUT2D eigenvalue weighted by Gasteiger charge is 2.18. The van der Waals surface area contributed by atoms with Gasteiger partial charge in [-0.25, -0.2) is 0 Å². The van der Waals surface area contributed by atoms with Crippen LogP contribution in [0.15, 0.2) is 18.5 Å². The summed E-state index contributed by atoms with van der Waals surface area (Å²) in [7, 11) is 0. The monoisotopic (exact) mass is 238 g/mol. The second-order valence-electron chi connectivity index (χ2n) is 4.33. The average molecular weight is 238 g/mol. The minimum atomic E-state index is -0.398. The zero-order chi connectivity index (χ0) is 12.7. The van der Waals surface area contributed by atoms with Gasteiger partial charge >= 0.3 is 0 Å². The summed E-state index contributed by atoms with van der Waals surface area (Å²) in [5.41, 5.74) is 5.82. The summed E-state index contributed by atoms with van der Waals surface area (Å²) in [4.78, 5) is 11.6. The van der Waals surface area contributed by atoms with Gasteiger partial charge < -0.3 is 11.1 Å². The van der Waals surface area contributed by atoms with Crippen molar-refractivity contribution in [2.75, 3.05) is 6.54 Å². The van der Waals surface area contributed by atoms with E-state index in [4.69, 9.17) is 5.73 Å². The predicted molar refractivity (Wildman–Crippen MR) is 67.3 cm³/mol. The van der Waals surface area contributed by atoms with Crippen LogP contribution in [0, 0.1) is 5.92 Å². The Bertz CT molecular complexity index is 323. The third-order valence-corrected chi connectivity index (χ3v) is 2.98. The molecule has 0 aliphatic carbocycles. The third kappa shape index (κ3) is 4.56. The molecule has 5 heteroatoms. The van der Waals surface area contributed by atoms with Crippen LogP contribution in [0.4, 0.5) is 0 Å². The molecule has 1 rings (SSSR count). The van der Waals surface area contributed by atoms with Gasteiger partial charge in [-0.3, -0.25) is 9.48 Å². The van der Waals surface area contributed by atoms with Crippen LogP contribution in [-0.4, -0.2) is 28.3 Å². The molecule has 0 aliphatic rings. The normalized spacial score (nSPS) is 14.3. The molecule has 5 nitrogen and oxygen atoms in total. The predicted octanol–water partition coefficient (Wildman–Crippen LogP) is 0.763. The minimum Gasteiger partial charge on any atom is -0.355 e. The minimum absolute atomic E-state index is 0.0557. The maximum Gasteiger partial charge on any atom is 0.237 e. The molecule has 0 fully saturated rings. The molecule has 0 radical (unpaired) electrons. The number of nitrogens with zero attached hydrogens (tertiary/aromatic N) is 2. The maximum atomic E-state index is 11.6. The third-order valence-electron chi connectivity index (χ3n) is 2.98. The number of amides is 1. The molecular formula is C12H22N4O. The first-order valence-corrected chi connectivity index (χ1v) is 6.16. The molecule has 0 saturated carbocycles. The standard InChI is InChI=1S/C12H22N4O/c1-3-10(2)11(13)12(17)14-6-4-8-16-9-5-7-15-16/h5,7,9-11H,3-4,6,8,13H2,1-2H3,(H,14,17)/t10-,11-/m0/s1. The number of hydrogen-bond acceptors (Lipinski definition) is 3. The van der Waals surface area contributed by atoms with Gasteiger partial charge in [0.2, 0.25) is 5.91 Å². The Hall–Kier alpha value is -1.36. The molecular weight excluding hydrogens is 216 g/mol. The van der Waals surface area contributed by atoms with Crippen molar-refractivity contribution >= 4 is 5.91 Å². The van der Waals surface area contributed by atoms with E-state index >= 15 is 0 Å². The van der Waals surface area contributed by atoms with E-state index in [0.29, 0.717) is 6.54 Å². The van der Waals surface area contributed by atoms with Crippen molar-refractivity contribution in [1.29, 1.82) is 0 Å². The van der Waals surface area contributed by atoms with Crippen LogP contribution in [0.3, 0.4) is 0 Å². The van der Waals surface area contributed by atoms with E-state index in [9.17, 15) is 4.79 Å². The largest absolute Gasteiger partial charge is 0.355 e. The molecule has 96 valence electrons. The van der Waals surface area contributed by atoms with Gasteiger partial charge in [0.15, 0.2) is 0 Å². The molecule has 3 N–H and O–H groups in total. The van der Waals surface area contributed by atoms with Crippen molar-refractivity contribution in [1.82, 2.24) is 15.1 Å². The molecule has 0 aliphatic heterocycles. The fourth-order valence-corrected chi connectivity index (χ4v) is 1.52. The Balaban J connectivity index is 2.16. The fraction of sp³-hybridized carbons (Fsp3) is 0.667. The van der Waals surface area contributed by atoms with Gasteiger partial charge in [0, 0.05) is 25.5 Å². The molecule has 1 aromatic rings. The van der Waals surface area contributed by atoms with Crippen molar-refractivity contribution < 1.29 is 4.79 Å². The lowest BCUT2D eigenvalue weighted by molar-refractivity contribution is -0.123. The Kier molecular flexibility index (Phi) is 5.69. The molecule has 17 heavy (non-hydrogen) atoms. The topological polar surface area (TPSA) is 72.9 Å². The van der Waals surface area contributed by atoms with Gasteiger partial charge in [-0.1, -0.05) is 20.3 Å². The van der Waals surface area contributed by atoms with E-state index in [1.807, 2.05) is 30.8 Å². The number of hydrogen-bond donors (Lipinski definition) is 2. The van der Waals surface area contributed by atoms with Crippen molar-refractivity contribution in [2.45, 2.75) is 39.3 Å². The summed E-state index contributed by atoms with van der Waals surface area (Å²) < 4.78 is 1.85. The molecule has 0 saturated heterocycles. The lowest BCUT2D eigenvalue weighted by Crippen LogP contribution is -2.44. The van der Waals surface area contributed by atoms with Gasteiger partial charge in [-0.2, -0.15) is 5.10 Å². The lowest BCUT2D eigenvalue weighted by Gasteiger charge is -2.17. The van der Waals surface area contributed by atoms with Crippen molar-refractivity contribution in [2.24, 2.45) is 11.7 Å². The highest BCUT2D eigenvalue weighted by atomic mass is 16.2. The molecule has 1 heterocycles. The van der Waals surface area contributed by atoms with Gasteiger partial charge in [-0.15, -0.1) is 0 Å². The number of carbonyl (C=O) groups excluding carboxylic acids is 1. The van der Waals surface area contributed by atoms with E-state index in [2.05, 4.69) is 10.4 Å². The van der Waals surface area contributed by atoms with E-state index < -0.39 is 6.04 Å². The first-order chi connectivity index (χ1) is 8.15. The highest BCUT2D eigenvalue weighted by Crippen LogP contribution is 2.04. The van der Waals surface area contributed by atoms with Crippen LogP contribution in [0.25, 0.3) is 0 Å². The lowest BCUT2D eigenvalue weighted by atomic mass is 9.99. The second-order valence-corrected chi connectivity index (χ2v) is 4.33. The van der Waals surface area contributed by atoms with Crippen molar-refractivity contribution in [3.8, 4) is 0 Å². The van der Waals surface area contributed by atoms with Gasteiger partial charge in [-0.05, 0) is 18.4 Å². The average Bonchev–Trinajstić information content (AvgIpc) is 2.85. The quantitative estimate of drug-likeness (QED) is 0.689. The van der Waals surface area contributed by atoms with Gasteiger partial charge in [0.25, 0.3) is 0 Å². The smallest absolute Gasteiger partial charge is 0.237 e. The first kappa shape index (κ1) is 13.7. The summed E-state index contributed by atoms with van der Waals surface area (Å²) in [6.45, 7) is 5.48. The summed E-state index contributed by atoms with van der Waals surface area (Å²) in [6, 6.07) is 1.49. The van der Waals surface area contributed by atoms with Crippen LogP contribution >= 0.6 is 0 Å². The number of carbonyl (C=O) groups is 1.